The molecule has 0 radical (unpaired) electrons. The molecule has 0 atom stereocenters. The highest BCUT2D eigenvalue weighted by atomic mass is 16.5. The lowest BCUT2D eigenvalue weighted by Crippen LogP contribution is -2.41. The van der Waals surface area contributed by atoms with E-state index in [1.807, 2.05) is 12.1 Å². The van der Waals surface area contributed by atoms with Gasteiger partial charge < -0.3 is 23.7 Å². The van der Waals surface area contributed by atoms with Gasteiger partial charge in [-0.05, 0) is 43.2 Å². The van der Waals surface area contributed by atoms with Gasteiger partial charge >= 0.3 is 0 Å². The number of hydrogen-bond acceptors (Lipinski definition) is 7. The second-order valence-corrected chi connectivity index (χ2v) is 8.59. The van der Waals surface area contributed by atoms with Crippen LogP contribution in [0.5, 0.6) is 28.7 Å². The molecule has 1 aliphatic carbocycles. The van der Waals surface area contributed by atoms with Gasteiger partial charge in [-0.3, -0.25) is 9.69 Å². The van der Waals surface area contributed by atoms with Crippen molar-refractivity contribution in [2.45, 2.75) is 44.7 Å². The molecule has 33 heavy (non-hydrogen) atoms. The number of carbonyl (C=O) groups is 1. The first-order valence-corrected chi connectivity index (χ1v) is 11.4. The van der Waals surface area contributed by atoms with E-state index in [1.54, 1.807) is 39.5 Å². The van der Waals surface area contributed by atoms with Crippen LogP contribution in [0.15, 0.2) is 30.0 Å². The van der Waals surface area contributed by atoms with E-state index >= 15 is 0 Å². The number of allylic oxidation sites excluding steroid dienone is 1. The topological polar surface area (TPSA) is 66.5 Å². The van der Waals surface area contributed by atoms with E-state index in [2.05, 4.69) is 4.90 Å². The number of methoxy groups -OCH3 is 3. The molecule has 0 bridgehead atoms. The molecule has 0 N–H and O–H groups in total. The lowest BCUT2D eigenvalue weighted by atomic mass is 9.93. The van der Waals surface area contributed by atoms with Gasteiger partial charge in [-0.15, -0.1) is 0 Å². The zero-order valence-electron chi connectivity index (χ0n) is 19.3. The molecule has 5 rings (SSSR count). The minimum Gasteiger partial charge on any atom is -0.493 e. The maximum atomic E-state index is 13.2. The van der Waals surface area contributed by atoms with Crippen molar-refractivity contribution in [3.8, 4) is 28.7 Å². The Balaban J connectivity index is 1.47. The van der Waals surface area contributed by atoms with Gasteiger partial charge in [0.1, 0.15) is 18.2 Å². The van der Waals surface area contributed by atoms with E-state index in [-0.39, 0.29) is 11.5 Å². The summed E-state index contributed by atoms with van der Waals surface area (Å²) in [5.41, 5.74) is 2.18. The van der Waals surface area contributed by atoms with Gasteiger partial charge in [0.2, 0.25) is 11.5 Å². The summed E-state index contributed by atoms with van der Waals surface area (Å²) in [4.78, 5) is 15.6. The number of benzene rings is 2. The summed E-state index contributed by atoms with van der Waals surface area (Å²) < 4.78 is 28.6. The van der Waals surface area contributed by atoms with Crippen LogP contribution in [0, 0.1) is 0 Å². The normalized spacial score (nSPS) is 19.5. The second-order valence-electron chi connectivity index (χ2n) is 8.59. The molecule has 7 heteroatoms. The molecule has 2 aromatic rings. The Morgan fingerprint density at radius 1 is 0.970 bits per heavy atom. The molecule has 1 fully saturated rings. The van der Waals surface area contributed by atoms with Crippen LogP contribution in [0.4, 0.5) is 0 Å². The standard InChI is InChI=1S/C26H29NO6/c1-29-21-11-9-16(24(30-2)26(21)31-3)13-22-23(28)18-10-12-20-19(25(18)33-22)14-27(15-32-20)17-7-5-4-6-8-17/h9-13,17H,4-8,14-15H2,1-3H3/b22-13+. The van der Waals surface area contributed by atoms with E-state index in [0.29, 0.717) is 46.9 Å². The van der Waals surface area contributed by atoms with Crippen LogP contribution in [0.2, 0.25) is 0 Å². The molecular formula is C26H29NO6. The molecule has 0 aromatic heterocycles. The van der Waals surface area contributed by atoms with Crippen molar-refractivity contribution in [3.05, 3.63) is 46.7 Å². The Labute approximate surface area is 193 Å². The van der Waals surface area contributed by atoms with E-state index < -0.39 is 0 Å². The first kappa shape index (κ1) is 21.6. The number of ether oxygens (including phenoxy) is 5. The van der Waals surface area contributed by atoms with Crippen molar-refractivity contribution in [3.63, 3.8) is 0 Å². The van der Waals surface area contributed by atoms with Crippen molar-refractivity contribution >= 4 is 11.9 Å². The number of nitrogens with zero attached hydrogens (tertiary/aromatic N) is 1. The number of hydrogen-bond donors (Lipinski definition) is 0. The Kier molecular flexibility index (Phi) is 5.89. The number of rotatable bonds is 5. The van der Waals surface area contributed by atoms with E-state index in [1.165, 1.54) is 32.1 Å². The molecule has 3 aliphatic rings. The summed E-state index contributed by atoms with van der Waals surface area (Å²) in [6, 6.07) is 7.78. The summed E-state index contributed by atoms with van der Waals surface area (Å²) in [6.45, 7) is 1.30. The Morgan fingerprint density at radius 3 is 2.48 bits per heavy atom. The number of fused-ring (bicyclic) bond motifs is 3. The van der Waals surface area contributed by atoms with Crippen LogP contribution in [-0.2, 0) is 6.54 Å². The van der Waals surface area contributed by atoms with Crippen LogP contribution in [-0.4, -0.2) is 44.8 Å². The Hall–Kier alpha value is -3.19. The van der Waals surface area contributed by atoms with Crippen molar-refractivity contribution in [2.24, 2.45) is 0 Å². The summed E-state index contributed by atoms with van der Waals surface area (Å²) in [7, 11) is 4.67. The van der Waals surface area contributed by atoms with Crippen LogP contribution >= 0.6 is 0 Å². The van der Waals surface area contributed by atoms with Gasteiger partial charge in [0.05, 0.1) is 32.5 Å². The molecule has 174 valence electrons. The van der Waals surface area contributed by atoms with Gasteiger partial charge in [-0.2, -0.15) is 0 Å². The molecule has 7 nitrogen and oxygen atoms in total. The fraction of sp³-hybridized carbons (Fsp3) is 0.423. The fourth-order valence-corrected chi connectivity index (χ4v) is 5.04. The third-order valence-electron chi connectivity index (χ3n) is 6.76. The third-order valence-corrected chi connectivity index (χ3v) is 6.76. The molecular weight excluding hydrogens is 422 g/mol. The predicted molar refractivity (Wildman–Crippen MR) is 123 cm³/mol. The number of carbonyl (C=O) groups excluding carboxylic acids is 1. The Bertz CT molecular complexity index is 1100. The molecule has 2 aliphatic heterocycles. The van der Waals surface area contributed by atoms with Crippen molar-refractivity contribution in [1.82, 2.24) is 4.90 Å². The zero-order valence-corrected chi connectivity index (χ0v) is 19.3. The zero-order chi connectivity index (χ0) is 22.9. The maximum Gasteiger partial charge on any atom is 0.231 e. The average molecular weight is 452 g/mol. The monoisotopic (exact) mass is 451 g/mol. The highest BCUT2D eigenvalue weighted by Gasteiger charge is 2.35. The van der Waals surface area contributed by atoms with Crippen molar-refractivity contribution in [1.29, 1.82) is 0 Å². The molecule has 1 saturated carbocycles. The van der Waals surface area contributed by atoms with Gasteiger partial charge in [0.25, 0.3) is 0 Å². The van der Waals surface area contributed by atoms with E-state index in [4.69, 9.17) is 23.7 Å². The first-order chi connectivity index (χ1) is 16.1. The van der Waals surface area contributed by atoms with E-state index in [0.717, 1.165) is 17.9 Å². The van der Waals surface area contributed by atoms with Crippen LogP contribution in [0.25, 0.3) is 6.08 Å². The van der Waals surface area contributed by atoms with Crippen LogP contribution in [0.1, 0.15) is 53.6 Å². The van der Waals surface area contributed by atoms with Crippen LogP contribution < -0.4 is 23.7 Å². The summed E-state index contributed by atoms with van der Waals surface area (Å²) in [6.07, 6.45) is 7.90. The van der Waals surface area contributed by atoms with Crippen molar-refractivity contribution in [2.75, 3.05) is 28.1 Å². The quantitative estimate of drug-likeness (QED) is 0.604. The van der Waals surface area contributed by atoms with Crippen LogP contribution in [0.3, 0.4) is 0 Å². The number of Topliss-reactive ketones (excluding diaryl/α,β-unsaturated/α-hetero) is 1. The SMILES string of the molecule is COc1ccc(/C=C2/Oc3c(ccc4c3CN(C3CCCCC3)CO4)C2=O)c(OC)c1OC. The van der Waals surface area contributed by atoms with Gasteiger partial charge in [0.15, 0.2) is 17.3 Å². The first-order valence-electron chi connectivity index (χ1n) is 11.4. The fourth-order valence-electron chi connectivity index (χ4n) is 5.04. The highest BCUT2D eigenvalue weighted by molar-refractivity contribution is 6.15. The molecule has 0 amide bonds. The molecule has 0 unspecified atom stereocenters. The minimum atomic E-state index is -0.153. The maximum absolute atomic E-state index is 13.2. The second kappa shape index (κ2) is 8.98. The lowest BCUT2D eigenvalue weighted by Gasteiger charge is -2.37. The minimum absolute atomic E-state index is 0.153. The number of ketones is 1. The molecule has 0 saturated heterocycles. The molecule has 2 heterocycles. The highest BCUT2D eigenvalue weighted by Crippen LogP contribution is 2.45. The van der Waals surface area contributed by atoms with Gasteiger partial charge in [0, 0.05) is 18.2 Å². The third kappa shape index (κ3) is 3.80. The summed E-state index contributed by atoms with van der Waals surface area (Å²) in [5.74, 6) is 2.98. The summed E-state index contributed by atoms with van der Waals surface area (Å²) in [5, 5.41) is 0. The Morgan fingerprint density at radius 2 is 1.76 bits per heavy atom. The van der Waals surface area contributed by atoms with Crippen molar-refractivity contribution < 1.29 is 28.5 Å². The largest absolute Gasteiger partial charge is 0.493 e. The van der Waals surface area contributed by atoms with Gasteiger partial charge in [-0.1, -0.05) is 19.3 Å². The smallest absolute Gasteiger partial charge is 0.231 e. The van der Waals surface area contributed by atoms with Gasteiger partial charge in [-0.25, -0.2) is 0 Å². The van der Waals surface area contributed by atoms with E-state index in [9.17, 15) is 4.79 Å². The lowest BCUT2D eigenvalue weighted by molar-refractivity contribution is 0.0394. The molecule has 2 aromatic carbocycles. The summed E-state index contributed by atoms with van der Waals surface area (Å²) >= 11 is 0. The molecule has 0 spiro atoms. The predicted octanol–water partition coefficient (Wildman–Crippen LogP) is 4.81. The average Bonchev–Trinajstić information content (AvgIpc) is 3.19.